The maximum absolute atomic E-state index is 13.5. The van der Waals surface area contributed by atoms with Crippen molar-refractivity contribution >= 4 is 5.69 Å². The number of ether oxygens (including phenoxy) is 1. The first kappa shape index (κ1) is 10.3. The molecule has 0 aromatic heterocycles. The van der Waals surface area contributed by atoms with Crippen LogP contribution in [0.4, 0.5) is 10.1 Å². The first-order valence-electron chi connectivity index (χ1n) is 5.17. The van der Waals surface area contributed by atoms with E-state index in [1.165, 1.54) is 6.07 Å². The highest BCUT2D eigenvalue weighted by molar-refractivity contribution is 5.58. The van der Waals surface area contributed by atoms with Crippen LogP contribution in [-0.4, -0.2) is 12.6 Å². The molecular formula is C12H16FNO. The van der Waals surface area contributed by atoms with Gasteiger partial charge < -0.3 is 10.1 Å². The predicted molar refractivity (Wildman–Crippen MR) is 58.8 cm³/mol. The SMILES string of the molecule is CC(C)(C)C1CNc2cccc(F)c2O1. The molecule has 0 radical (unpaired) electrons. The summed E-state index contributed by atoms with van der Waals surface area (Å²) in [5, 5.41) is 3.20. The average molecular weight is 209 g/mol. The molecule has 1 aliphatic rings. The molecule has 1 N–H and O–H groups in total. The van der Waals surface area contributed by atoms with E-state index in [1.807, 2.05) is 6.07 Å². The molecule has 1 unspecified atom stereocenters. The first-order chi connectivity index (χ1) is 6.98. The molecule has 82 valence electrons. The van der Waals surface area contributed by atoms with Gasteiger partial charge in [-0.2, -0.15) is 0 Å². The Morgan fingerprint density at radius 1 is 1.40 bits per heavy atom. The molecule has 1 aliphatic heterocycles. The largest absolute Gasteiger partial charge is 0.483 e. The van der Waals surface area contributed by atoms with E-state index >= 15 is 0 Å². The van der Waals surface area contributed by atoms with Crippen molar-refractivity contribution in [3.05, 3.63) is 24.0 Å². The van der Waals surface area contributed by atoms with Crippen LogP contribution in [0.3, 0.4) is 0 Å². The Hall–Kier alpha value is -1.25. The molecule has 3 heteroatoms. The van der Waals surface area contributed by atoms with Gasteiger partial charge in [0, 0.05) is 5.41 Å². The van der Waals surface area contributed by atoms with E-state index in [4.69, 9.17) is 4.74 Å². The Balaban J connectivity index is 2.30. The Kier molecular flexibility index (Phi) is 2.33. The third kappa shape index (κ3) is 1.91. The van der Waals surface area contributed by atoms with Crippen LogP contribution >= 0.6 is 0 Å². The van der Waals surface area contributed by atoms with Gasteiger partial charge in [-0.3, -0.25) is 0 Å². The van der Waals surface area contributed by atoms with E-state index in [9.17, 15) is 4.39 Å². The van der Waals surface area contributed by atoms with E-state index in [1.54, 1.807) is 6.07 Å². The molecule has 0 spiro atoms. The number of hydrogen-bond acceptors (Lipinski definition) is 2. The van der Waals surface area contributed by atoms with Crippen LogP contribution in [-0.2, 0) is 0 Å². The summed E-state index contributed by atoms with van der Waals surface area (Å²) in [6, 6.07) is 4.94. The number of halogens is 1. The summed E-state index contributed by atoms with van der Waals surface area (Å²) in [5.74, 6) is 0.0534. The number of fused-ring (bicyclic) bond motifs is 1. The van der Waals surface area contributed by atoms with Crippen molar-refractivity contribution in [2.75, 3.05) is 11.9 Å². The minimum absolute atomic E-state index is 0.00176. The Bertz CT molecular complexity index is 370. The van der Waals surface area contributed by atoms with Crippen LogP contribution in [0.1, 0.15) is 20.8 Å². The van der Waals surface area contributed by atoms with Crippen molar-refractivity contribution in [1.29, 1.82) is 0 Å². The number of hydrogen-bond donors (Lipinski definition) is 1. The molecule has 1 aromatic carbocycles. The second kappa shape index (κ2) is 3.40. The lowest BCUT2D eigenvalue weighted by molar-refractivity contribution is 0.0877. The van der Waals surface area contributed by atoms with Gasteiger partial charge in [0.15, 0.2) is 11.6 Å². The number of benzene rings is 1. The lowest BCUT2D eigenvalue weighted by Crippen LogP contribution is -2.41. The molecule has 2 nitrogen and oxygen atoms in total. The minimum atomic E-state index is -0.297. The van der Waals surface area contributed by atoms with Gasteiger partial charge in [0.2, 0.25) is 0 Å². The normalized spacial score (nSPS) is 20.1. The van der Waals surface area contributed by atoms with Crippen LogP contribution in [0.2, 0.25) is 0 Å². The summed E-state index contributed by atoms with van der Waals surface area (Å²) in [6.45, 7) is 6.99. The summed E-state index contributed by atoms with van der Waals surface area (Å²) in [5.41, 5.74) is 0.753. The third-order valence-corrected chi connectivity index (χ3v) is 2.67. The quantitative estimate of drug-likeness (QED) is 0.709. The smallest absolute Gasteiger partial charge is 0.178 e. The van der Waals surface area contributed by atoms with Gasteiger partial charge in [0.05, 0.1) is 12.2 Å². The zero-order valence-electron chi connectivity index (χ0n) is 9.30. The second-order valence-electron chi connectivity index (χ2n) is 4.97. The van der Waals surface area contributed by atoms with Crippen LogP contribution in [0.5, 0.6) is 5.75 Å². The Labute approximate surface area is 89.4 Å². The number of rotatable bonds is 0. The summed E-state index contributed by atoms with van der Waals surface area (Å²) in [4.78, 5) is 0. The summed E-state index contributed by atoms with van der Waals surface area (Å²) in [7, 11) is 0. The monoisotopic (exact) mass is 209 g/mol. The topological polar surface area (TPSA) is 21.3 Å². The molecule has 2 rings (SSSR count). The molecule has 0 saturated carbocycles. The number of anilines is 1. The molecule has 15 heavy (non-hydrogen) atoms. The van der Waals surface area contributed by atoms with Gasteiger partial charge in [-0.15, -0.1) is 0 Å². The fraction of sp³-hybridized carbons (Fsp3) is 0.500. The lowest BCUT2D eigenvalue weighted by Gasteiger charge is -2.35. The first-order valence-corrected chi connectivity index (χ1v) is 5.17. The van der Waals surface area contributed by atoms with E-state index < -0.39 is 0 Å². The van der Waals surface area contributed by atoms with Gasteiger partial charge in [-0.05, 0) is 12.1 Å². The zero-order valence-corrected chi connectivity index (χ0v) is 9.30. The third-order valence-electron chi connectivity index (χ3n) is 2.67. The maximum atomic E-state index is 13.5. The van der Waals surface area contributed by atoms with Gasteiger partial charge >= 0.3 is 0 Å². The van der Waals surface area contributed by atoms with Crippen molar-refractivity contribution < 1.29 is 9.13 Å². The van der Waals surface area contributed by atoms with Crippen molar-refractivity contribution in [2.45, 2.75) is 26.9 Å². The zero-order chi connectivity index (χ0) is 11.1. The highest BCUT2D eigenvalue weighted by Crippen LogP contribution is 2.35. The fourth-order valence-corrected chi connectivity index (χ4v) is 1.64. The van der Waals surface area contributed by atoms with E-state index in [0.29, 0.717) is 5.75 Å². The van der Waals surface area contributed by atoms with Gasteiger partial charge in [0.1, 0.15) is 6.10 Å². The molecule has 1 aromatic rings. The standard InChI is InChI=1S/C12H16FNO/c1-12(2,3)10-7-14-9-6-4-5-8(13)11(9)15-10/h4-6,10,14H,7H2,1-3H3. The van der Waals surface area contributed by atoms with Gasteiger partial charge in [-0.25, -0.2) is 4.39 Å². The summed E-state index contributed by atoms with van der Waals surface area (Å²) in [6.07, 6.45) is 0.00176. The van der Waals surface area contributed by atoms with Crippen molar-refractivity contribution in [3.63, 3.8) is 0 Å². The van der Waals surface area contributed by atoms with Crippen LogP contribution in [0, 0.1) is 11.2 Å². The molecule has 0 aliphatic carbocycles. The molecule has 1 heterocycles. The summed E-state index contributed by atoms with van der Waals surface area (Å²) < 4.78 is 19.2. The van der Waals surface area contributed by atoms with Crippen molar-refractivity contribution in [1.82, 2.24) is 0 Å². The highest BCUT2D eigenvalue weighted by Gasteiger charge is 2.31. The molecule has 0 amide bonds. The Morgan fingerprint density at radius 3 is 2.80 bits per heavy atom. The highest BCUT2D eigenvalue weighted by atomic mass is 19.1. The van der Waals surface area contributed by atoms with Gasteiger partial charge in [-0.1, -0.05) is 26.8 Å². The molecule has 0 bridgehead atoms. The molecule has 0 saturated heterocycles. The van der Waals surface area contributed by atoms with Crippen LogP contribution in [0.15, 0.2) is 18.2 Å². The van der Waals surface area contributed by atoms with E-state index in [-0.39, 0.29) is 17.3 Å². The fourth-order valence-electron chi connectivity index (χ4n) is 1.64. The minimum Gasteiger partial charge on any atom is -0.483 e. The van der Waals surface area contributed by atoms with Crippen molar-refractivity contribution in [2.24, 2.45) is 5.41 Å². The number of nitrogens with one attached hydrogen (secondary N) is 1. The van der Waals surface area contributed by atoms with Crippen molar-refractivity contribution in [3.8, 4) is 5.75 Å². The Morgan fingerprint density at radius 2 is 2.13 bits per heavy atom. The predicted octanol–water partition coefficient (Wildman–Crippen LogP) is 3.04. The van der Waals surface area contributed by atoms with Gasteiger partial charge in [0.25, 0.3) is 0 Å². The van der Waals surface area contributed by atoms with E-state index in [2.05, 4.69) is 26.1 Å². The molecular weight excluding hydrogens is 193 g/mol. The maximum Gasteiger partial charge on any atom is 0.178 e. The van der Waals surface area contributed by atoms with Crippen LogP contribution < -0.4 is 10.1 Å². The average Bonchev–Trinajstić information content (AvgIpc) is 2.16. The van der Waals surface area contributed by atoms with E-state index in [0.717, 1.165) is 12.2 Å². The molecule has 1 atom stereocenters. The second-order valence-corrected chi connectivity index (χ2v) is 4.97. The lowest BCUT2D eigenvalue weighted by atomic mass is 9.88. The molecule has 0 fully saturated rings. The van der Waals surface area contributed by atoms with Crippen LogP contribution in [0.25, 0.3) is 0 Å². The summed E-state index contributed by atoms with van der Waals surface area (Å²) >= 11 is 0. The number of para-hydroxylation sites is 1.